The van der Waals surface area contributed by atoms with Crippen molar-refractivity contribution in [1.82, 2.24) is 4.90 Å². The quantitative estimate of drug-likeness (QED) is 0.850. The molecule has 0 bridgehead atoms. The van der Waals surface area contributed by atoms with Gasteiger partial charge < -0.3 is 10.0 Å². The smallest absolute Gasteiger partial charge is 0.222 e. The van der Waals surface area contributed by atoms with Crippen LogP contribution in [-0.4, -0.2) is 29.6 Å². The summed E-state index contributed by atoms with van der Waals surface area (Å²) >= 11 is 1.64. The number of carbonyl (C=O) groups excluding carboxylic acids is 1. The van der Waals surface area contributed by atoms with Crippen molar-refractivity contribution in [1.29, 1.82) is 0 Å². The summed E-state index contributed by atoms with van der Waals surface area (Å²) in [6.07, 6.45) is 6.19. The molecular formula is C17H23NO2S. The highest BCUT2D eigenvalue weighted by Gasteiger charge is 2.20. The van der Waals surface area contributed by atoms with Gasteiger partial charge in [0, 0.05) is 35.7 Å². The summed E-state index contributed by atoms with van der Waals surface area (Å²) in [4.78, 5) is 15.2. The highest BCUT2D eigenvalue weighted by Crippen LogP contribution is 2.28. The second-order valence-electron chi connectivity index (χ2n) is 5.68. The lowest BCUT2D eigenvalue weighted by Crippen LogP contribution is -2.27. The van der Waals surface area contributed by atoms with E-state index in [1.165, 1.54) is 25.7 Å². The summed E-state index contributed by atoms with van der Waals surface area (Å²) in [5, 5.41) is 10.7. The Labute approximate surface area is 131 Å². The number of amides is 1. The fourth-order valence-electron chi connectivity index (χ4n) is 2.69. The standard InChI is InChI=1S/C17H23NO2S/c1-18(17(20)11-14-6-2-3-7-14)12-16-10-15(13-21-16)8-4-5-9-19/h10,13-14,19H,2-3,5-7,9,11-12H2,1H3. The van der Waals surface area contributed by atoms with Crippen molar-refractivity contribution in [3.63, 3.8) is 0 Å². The molecule has 0 saturated heterocycles. The normalized spacial score (nSPS) is 14.8. The molecule has 4 heteroatoms. The summed E-state index contributed by atoms with van der Waals surface area (Å²) in [7, 11) is 1.88. The average molecular weight is 305 g/mol. The molecule has 1 aliphatic carbocycles. The minimum Gasteiger partial charge on any atom is -0.395 e. The number of nitrogens with zero attached hydrogens (tertiary/aromatic N) is 1. The molecule has 0 aliphatic heterocycles. The lowest BCUT2D eigenvalue weighted by Gasteiger charge is -2.18. The summed E-state index contributed by atoms with van der Waals surface area (Å²) in [6.45, 7) is 0.764. The van der Waals surface area contributed by atoms with Crippen LogP contribution in [0.3, 0.4) is 0 Å². The number of hydrogen-bond acceptors (Lipinski definition) is 3. The van der Waals surface area contributed by atoms with Crippen LogP contribution in [0.5, 0.6) is 0 Å². The fraction of sp³-hybridized carbons (Fsp3) is 0.588. The largest absolute Gasteiger partial charge is 0.395 e. The van der Waals surface area contributed by atoms with E-state index in [1.807, 2.05) is 23.4 Å². The molecule has 0 unspecified atom stereocenters. The lowest BCUT2D eigenvalue weighted by atomic mass is 10.0. The van der Waals surface area contributed by atoms with Crippen molar-refractivity contribution >= 4 is 17.2 Å². The second-order valence-corrected chi connectivity index (χ2v) is 6.68. The molecule has 1 amide bonds. The van der Waals surface area contributed by atoms with Gasteiger partial charge in [-0.25, -0.2) is 0 Å². The molecule has 1 saturated carbocycles. The molecule has 2 rings (SSSR count). The Morgan fingerprint density at radius 1 is 1.48 bits per heavy atom. The van der Waals surface area contributed by atoms with Gasteiger partial charge in [0.05, 0.1) is 13.2 Å². The van der Waals surface area contributed by atoms with Crippen LogP contribution in [0.2, 0.25) is 0 Å². The Hall–Kier alpha value is -1.31. The minimum atomic E-state index is 0.0996. The molecular weight excluding hydrogens is 282 g/mol. The SMILES string of the molecule is CN(Cc1cc(C#CCCO)cs1)C(=O)CC1CCCC1. The molecule has 1 heterocycles. The van der Waals surface area contributed by atoms with Crippen LogP contribution >= 0.6 is 11.3 Å². The molecule has 1 fully saturated rings. The van der Waals surface area contributed by atoms with Gasteiger partial charge >= 0.3 is 0 Å². The van der Waals surface area contributed by atoms with Crippen LogP contribution in [0.4, 0.5) is 0 Å². The highest BCUT2D eigenvalue weighted by atomic mass is 32.1. The van der Waals surface area contributed by atoms with Crippen LogP contribution in [0.25, 0.3) is 0 Å². The third-order valence-electron chi connectivity index (χ3n) is 3.88. The van der Waals surface area contributed by atoms with Gasteiger partial charge in [-0.3, -0.25) is 4.79 Å². The molecule has 1 aromatic rings. The van der Waals surface area contributed by atoms with Crippen molar-refractivity contribution < 1.29 is 9.90 Å². The third-order valence-corrected chi connectivity index (χ3v) is 4.80. The van der Waals surface area contributed by atoms with Crippen molar-refractivity contribution in [3.05, 3.63) is 21.9 Å². The van der Waals surface area contributed by atoms with Crippen molar-refractivity contribution in [2.45, 2.75) is 45.1 Å². The van der Waals surface area contributed by atoms with E-state index in [9.17, 15) is 4.79 Å². The molecule has 0 aromatic carbocycles. The topological polar surface area (TPSA) is 40.5 Å². The van der Waals surface area contributed by atoms with E-state index in [-0.39, 0.29) is 12.5 Å². The molecule has 0 radical (unpaired) electrons. The van der Waals surface area contributed by atoms with Gasteiger partial charge in [-0.2, -0.15) is 0 Å². The average Bonchev–Trinajstić information content (AvgIpc) is 3.11. The Bertz CT molecular complexity index is 520. The monoisotopic (exact) mass is 305 g/mol. The molecule has 0 atom stereocenters. The first-order valence-electron chi connectivity index (χ1n) is 7.60. The van der Waals surface area contributed by atoms with Gasteiger partial charge in [0.25, 0.3) is 0 Å². The maximum Gasteiger partial charge on any atom is 0.222 e. The Morgan fingerprint density at radius 3 is 2.95 bits per heavy atom. The first-order valence-corrected chi connectivity index (χ1v) is 8.48. The summed E-state index contributed by atoms with van der Waals surface area (Å²) in [6, 6.07) is 2.04. The molecule has 21 heavy (non-hydrogen) atoms. The number of carbonyl (C=O) groups is 1. The van der Waals surface area contributed by atoms with Gasteiger partial charge in [-0.05, 0) is 24.8 Å². The molecule has 0 spiro atoms. The van der Waals surface area contributed by atoms with Crippen LogP contribution in [0.1, 0.15) is 49.0 Å². The predicted octanol–water partition coefficient (Wildman–Crippen LogP) is 3.02. The fourth-order valence-corrected chi connectivity index (χ4v) is 3.56. The first kappa shape index (κ1) is 16.1. The van der Waals surface area contributed by atoms with E-state index >= 15 is 0 Å². The second kappa shape index (κ2) is 8.21. The number of hydrogen-bond donors (Lipinski definition) is 1. The molecule has 3 nitrogen and oxygen atoms in total. The van der Waals surface area contributed by atoms with Gasteiger partial charge in [-0.1, -0.05) is 24.7 Å². The van der Waals surface area contributed by atoms with E-state index < -0.39 is 0 Å². The van der Waals surface area contributed by atoms with Crippen LogP contribution < -0.4 is 0 Å². The first-order chi connectivity index (χ1) is 10.2. The van der Waals surface area contributed by atoms with E-state index in [0.717, 1.165) is 10.4 Å². The van der Waals surface area contributed by atoms with Crippen LogP contribution in [0, 0.1) is 17.8 Å². The van der Waals surface area contributed by atoms with E-state index in [0.29, 0.717) is 25.3 Å². The van der Waals surface area contributed by atoms with E-state index in [4.69, 9.17) is 5.11 Å². The molecule has 114 valence electrons. The minimum absolute atomic E-state index is 0.0996. The lowest BCUT2D eigenvalue weighted by molar-refractivity contribution is -0.131. The Kier molecular flexibility index (Phi) is 6.28. The van der Waals surface area contributed by atoms with Crippen LogP contribution in [0.15, 0.2) is 11.4 Å². The maximum atomic E-state index is 12.2. The van der Waals surface area contributed by atoms with Gasteiger partial charge in [0.2, 0.25) is 5.91 Å². The molecule has 1 aromatic heterocycles. The van der Waals surface area contributed by atoms with Crippen LogP contribution in [-0.2, 0) is 11.3 Å². The third kappa shape index (κ3) is 5.18. The predicted molar refractivity (Wildman–Crippen MR) is 85.9 cm³/mol. The molecule has 1 N–H and O–H groups in total. The van der Waals surface area contributed by atoms with Crippen molar-refractivity contribution in [2.24, 2.45) is 5.92 Å². The Morgan fingerprint density at radius 2 is 2.24 bits per heavy atom. The number of aliphatic hydroxyl groups excluding tert-OH is 1. The zero-order valence-corrected chi connectivity index (χ0v) is 13.4. The van der Waals surface area contributed by atoms with Crippen molar-refractivity contribution in [2.75, 3.05) is 13.7 Å². The number of rotatable bonds is 5. The van der Waals surface area contributed by atoms with E-state index in [2.05, 4.69) is 11.8 Å². The zero-order valence-electron chi connectivity index (χ0n) is 12.6. The van der Waals surface area contributed by atoms with E-state index in [1.54, 1.807) is 11.3 Å². The summed E-state index contributed by atoms with van der Waals surface area (Å²) in [5.74, 6) is 6.79. The van der Waals surface area contributed by atoms with Crippen molar-refractivity contribution in [3.8, 4) is 11.8 Å². The molecule has 1 aliphatic rings. The maximum absolute atomic E-state index is 12.2. The highest BCUT2D eigenvalue weighted by molar-refractivity contribution is 7.10. The van der Waals surface area contributed by atoms with Gasteiger partial charge in [0.15, 0.2) is 0 Å². The zero-order chi connectivity index (χ0) is 15.1. The number of thiophene rings is 1. The van der Waals surface area contributed by atoms with Gasteiger partial charge in [0.1, 0.15) is 0 Å². The summed E-state index contributed by atoms with van der Waals surface area (Å²) in [5.41, 5.74) is 0.972. The number of aliphatic hydroxyl groups is 1. The Balaban J connectivity index is 1.83. The summed E-state index contributed by atoms with van der Waals surface area (Å²) < 4.78 is 0. The van der Waals surface area contributed by atoms with Gasteiger partial charge in [-0.15, -0.1) is 11.3 Å².